The van der Waals surface area contributed by atoms with E-state index in [-0.39, 0.29) is 12.2 Å². The predicted octanol–water partition coefficient (Wildman–Crippen LogP) is 3.01. The van der Waals surface area contributed by atoms with Gasteiger partial charge in [-0.1, -0.05) is 11.6 Å². The summed E-state index contributed by atoms with van der Waals surface area (Å²) in [6.45, 7) is 3.19. The zero-order valence-corrected chi connectivity index (χ0v) is 16.0. The number of amides is 1. The fraction of sp³-hybridized carbons (Fsp3) is 0.176. The number of ether oxygens (including phenoxy) is 1. The number of hydrogen-bond acceptors (Lipinski definition) is 8. The average Bonchev–Trinajstić information content (AvgIpc) is 2.65. The Labute approximate surface area is 168 Å². The summed E-state index contributed by atoms with van der Waals surface area (Å²) in [5.74, 6) is -1.05. The molecule has 29 heavy (non-hydrogen) atoms. The largest absolute Gasteiger partial charge is 0.502 e. The topological polar surface area (TPSA) is 157 Å². The van der Waals surface area contributed by atoms with Gasteiger partial charge in [0, 0.05) is 11.1 Å². The summed E-state index contributed by atoms with van der Waals surface area (Å²) < 4.78 is 5.34. The van der Waals surface area contributed by atoms with Gasteiger partial charge in [0.15, 0.2) is 6.61 Å². The van der Waals surface area contributed by atoms with Gasteiger partial charge in [-0.25, -0.2) is 5.43 Å². The fourth-order valence-corrected chi connectivity index (χ4v) is 2.42. The number of hydrazone groups is 1. The summed E-state index contributed by atoms with van der Waals surface area (Å²) in [4.78, 5) is 31.8. The summed E-state index contributed by atoms with van der Waals surface area (Å²) >= 11 is 6.05. The quantitative estimate of drug-likeness (QED) is 0.394. The van der Waals surface area contributed by atoms with Gasteiger partial charge in [-0.3, -0.25) is 25.0 Å². The van der Waals surface area contributed by atoms with Crippen LogP contribution in [0.3, 0.4) is 0 Å². The molecule has 0 saturated heterocycles. The lowest BCUT2D eigenvalue weighted by Crippen LogP contribution is -2.24. The number of halogens is 1. The number of phenols is 1. The third-order valence-electron chi connectivity index (χ3n) is 3.68. The normalized spacial score (nSPS) is 10.7. The van der Waals surface area contributed by atoms with Crippen LogP contribution in [-0.2, 0) is 4.79 Å². The molecule has 0 aromatic heterocycles. The number of nitrogens with one attached hydrogen (secondary N) is 1. The number of hydrogen-bond donors (Lipinski definition) is 2. The lowest BCUT2D eigenvalue weighted by molar-refractivity contribution is -0.394. The minimum atomic E-state index is -0.970. The number of rotatable bonds is 7. The second-order valence-electron chi connectivity index (χ2n) is 5.87. The monoisotopic (exact) mass is 422 g/mol. The van der Waals surface area contributed by atoms with E-state index in [2.05, 4.69) is 10.5 Å². The van der Waals surface area contributed by atoms with Gasteiger partial charge in [-0.15, -0.1) is 0 Å². The van der Waals surface area contributed by atoms with Crippen molar-refractivity contribution < 1.29 is 24.5 Å². The second kappa shape index (κ2) is 8.97. The molecule has 2 rings (SSSR count). The fourth-order valence-electron chi connectivity index (χ4n) is 2.31. The minimum absolute atomic E-state index is 0.309. The minimum Gasteiger partial charge on any atom is -0.502 e. The number of nitro groups is 2. The standard InChI is InChI=1S/C17H15ClN4O7/c1-9-3-13(4-10(2)16(9)18)29-8-15(23)20-19-7-11-5-12(21(25)26)6-14(17(11)24)22(27)28/h3-7,24H,8H2,1-2H3,(H,20,23)/b19-7-. The SMILES string of the molecule is Cc1cc(OCC(=O)N/N=C\c2cc([N+](=O)[O-])cc([N+](=O)[O-])c2O)cc(C)c1Cl. The van der Waals surface area contributed by atoms with Crippen LogP contribution in [0.15, 0.2) is 29.4 Å². The van der Waals surface area contributed by atoms with Gasteiger partial charge in [-0.05, 0) is 37.1 Å². The number of nitrogens with zero attached hydrogens (tertiary/aromatic N) is 3. The summed E-state index contributed by atoms with van der Waals surface area (Å²) in [6.07, 6.45) is 0.851. The van der Waals surface area contributed by atoms with Crippen LogP contribution >= 0.6 is 11.6 Å². The van der Waals surface area contributed by atoms with Gasteiger partial charge in [0.25, 0.3) is 11.6 Å². The lowest BCUT2D eigenvalue weighted by atomic mass is 10.1. The van der Waals surface area contributed by atoms with Crippen molar-refractivity contribution in [2.75, 3.05) is 6.61 Å². The number of aryl methyl sites for hydroxylation is 2. The Balaban J connectivity index is 2.06. The predicted molar refractivity (Wildman–Crippen MR) is 104 cm³/mol. The zero-order valence-electron chi connectivity index (χ0n) is 15.2. The van der Waals surface area contributed by atoms with Crippen molar-refractivity contribution in [3.8, 4) is 11.5 Å². The summed E-state index contributed by atoms with van der Waals surface area (Å²) in [6, 6.07) is 4.82. The molecular formula is C17H15ClN4O7. The summed E-state index contributed by atoms with van der Waals surface area (Å²) in [5.41, 5.74) is 1.88. The first-order valence-electron chi connectivity index (χ1n) is 7.97. The van der Waals surface area contributed by atoms with E-state index in [0.717, 1.165) is 23.4 Å². The van der Waals surface area contributed by atoms with Gasteiger partial charge in [-0.2, -0.15) is 5.10 Å². The average molecular weight is 423 g/mol. The molecule has 0 unspecified atom stereocenters. The van der Waals surface area contributed by atoms with E-state index >= 15 is 0 Å². The van der Waals surface area contributed by atoms with E-state index in [1.165, 1.54) is 0 Å². The highest BCUT2D eigenvalue weighted by molar-refractivity contribution is 6.32. The molecule has 0 aliphatic carbocycles. The van der Waals surface area contributed by atoms with Crippen molar-refractivity contribution in [2.24, 2.45) is 5.10 Å². The van der Waals surface area contributed by atoms with Crippen LogP contribution in [0, 0.1) is 34.1 Å². The van der Waals surface area contributed by atoms with Crippen LogP contribution in [0.1, 0.15) is 16.7 Å². The Morgan fingerprint density at radius 1 is 1.21 bits per heavy atom. The molecule has 0 aliphatic heterocycles. The number of aromatic hydroxyl groups is 1. The molecule has 2 aromatic carbocycles. The summed E-state index contributed by atoms with van der Waals surface area (Å²) in [5, 5.41) is 35.8. The zero-order chi connectivity index (χ0) is 21.7. The van der Waals surface area contributed by atoms with Crippen molar-refractivity contribution in [3.05, 3.63) is 66.2 Å². The van der Waals surface area contributed by atoms with Gasteiger partial charge >= 0.3 is 5.69 Å². The first-order chi connectivity index (χ1) is 13.6. The van der Waals surface area contributed by atoms with E-state index < -0.39 is 32.9 Å². The molecule has 0 atom stereocenters. The molecule has 0 bridgehead atoms. The number of carbonyl (C=O) groups is 1. The molecule has 0 spiro atoms. The molecule has 11 nitrogen and oxygen atoms in total. The molecule has 12 heteroatoms. The molecule has 152 valence electrons. The van der Waals surface area contributed by atoms with E-state index in [1.54, 1.807) is 26.0 Å². The van der Waals surface area contributed by atoms with Crippen LogP contribution in [0.4, 0.5) is 11.4 Å². The molecule has 0 saturated carbocycles. The maximum Gasteiger partial charge on any atom is 0.318 e. The van der Waals surface area contributed by atoms with Gasteiger partial charge in [0.05, 0.1) is 27.7 Å². The van der Waals surface area contributed by atoms with Crippen molar-refractivity contribution in [1.82, 2.24) is 5.43 Å². The molecule has 2 aromatic rings. The maximum absolute atomic E-state index is 11.8. The van der Waals surface area contributed by atoms with Crippen molar-refractivity contribution in [2.45, 2.75) is 13.8 Å². The Morgan fingerprint density at radius 2 is 1.83 bits per heavy atom. The highest BCUT2D eigenvalue weighted by Gasteiger charge is 2.23. The molecule has 0 heterocycles. The third kappa shape index (κ3) is 5.39. The van der Waals surface area contributed by atoms with Crippen LogP contribution in [-0.4, -0.2) is 33.7 Å². The van der Waals surface area contributed by atoms with Crippen LogP contribution < -0.4 is 10.2 Å². The van der Waals surface area contributed by atoms with E-state index in [9.17, 15) is 30.1 Å². The number of carbonyl (C=O) groups excluding carboxylic acids is 1. The first-order valence-corrected chi connectivity index (χ1v) is 8.35. The highest BCUT2D eigenvalue weighted by Crippen LogP contribution is 2.33. The molecule has 0 aliphatic rings. The third-order valence-corrected chi connectivity index (χ3v) is 4.28. The van der Waals surface area contributed by atoms with Crippen LogP contribution in [0.5, 0.6) is 11.5 Å². The molecule has 0 fully saturated rings. The van der Waals surface area contributed by atoms with E-state index in [0.29, 0.717) is 16.8 Å². The number of benzene rings is 2. The van der Waals surface area contributed by atoms with Gasteiger partial charge in [0.1, 0.15) is 5.75 Å². The van der Waals surface area contributed by atoms with Crippen LogP contribution in [0.25, 0.3) is 0 Å². The first kappa shape index (κ1) is 21.6. The molecule has 2 N–H and O–H groups in total. The van der Waals surface area contributed by atoms with Crippen LogP contribution in [0.2, 0.25) is 5.02 Å². The highest BCUT2D eigenvalue weighted by atomic mass is 35.5. The maximum atomic E-state index is 11.8. The Kier molecular flexibility index (Phi) is 6.67. The summed E-state index contributed by atoms with van der Waals surface area (Å²) in [7, 11) is 0. The number of phenolic OH excluding ortho intramolecular Hbond substituents is 1. The van der Waals surface area contributed by atoms with Gasteiger partial charge in [0.2, 0.25) is 5.75 Å². The number of nitro benzene ring substituents is 2. The molecule has 1 amide bonds. The molecule has 0 radical (unpaired) electrons. The van der Waals surface area contributed by atoms with Crippen molar-refractivity contribution in [3.63, 3.8) is 0 Å². The van der Waals surface area contributed by atoms with Crippen molar-refractivity contribution in [1.29, 1.82) is 0 Å². The Bertz CT molecular complexity index is 1000. The van der Waals surface area contributed by atoms with Gasteiger partial charge < -0.3 is 9.84 Å². The Hall–Kier alpha value is -3.73. The smallest absolute Gasteiger partial charge is 0.318 e. The Morgan fingerprint density at radius 3 is 2.38 bits per heavy atom. The van der Waals surface area contributed by atoms with Crippen molar-refractivity contribution >= 4 is 35.1 Å². The second-order valence-corrected chi connectivity index (χ2v) is 6.25. The molecular weight excluding hydrogens is 408 g/mol. The van der Waals surface area contributed by atoms with E-state index in [1.807, 2.05) is 0 Å². The lowest BCUT2D eigenvalue weighted by Gasteiger charge is -2.09. The van der Waals surface area contributed by atoms with E-state index in [4.69, 9.17) is 16.3 Å². The number of non-ortho nitro benzene ring substituents is 1.